The van der Waals surface area contributed by atoms with Gasteiger partial charge in [0.1, 0.15) is 5.82 Å². The highest BCUT2D eigenvalue weighted by atomic mass is 16.2. The van der Waals surface area contributed by atoms with Gasteiger partial charge >= 0.3 is 0 Å². The van der Waals surface area contributed by atoms with Crippen LogP contribution in [0.15, 0.2) is 78.9 Å². The van der Waals surface area contributed by atoms with Crippen molar-refractivity contribution in [2.24, 2.45) is 0 Å². The summed E-state index contributed by atoms with van der Waals surface area (Å²) in [6, 6.07) is 26.6. The lowest BCUT2D eigenvalue weighted by Crippen LogP contribution is -2.24. The maximum absolute atomic E-state index is 12.8. The van der Waals surface area contributed by atoms with Gasteiger partial charge < -0.3 is 9.47 Å². The fraction of sp³-hybridized carbons (Fsp3) is 0.200. The monoisotopic (exact) mass is 381 g/mol. The van der Waals surface area contributed by atoms with Crippen molar-refractivity contribution in [2.75, 3.05) is 11.4 Å². The van der Waals surface area contributed by atoms with Crippen LogP contribution < -0.4 is 4.90 Å². The van der Waals surface area contributed by atoms with E-state index in [-0.39, 0.29) is 11.8 Å². The molecule has 0 N–H and O–H groups in total. The zero-order valence-electron chi connectivity index (χ0n) is 16.5. The minimum absolute atomic E-state index is 0.0825. The molecule has 1 aliphatic rings. The Labute approximate surface area is 170 Å². The lowest BCUT2D eigenvalue weighted by Gasteiger charge is -2.18. The van der Waals surface area contributed by atoms with Gasteiger partial charge in [-0.15, -0.1) is 0 Å². The van der Waals surface area contributed by atoms with E-state index >= 15 is 0 Å². The van der Waals surface area contributed by atoms with E-state index in [4.69, 9.17) is 4.98 Å². The summed E-state index contributed by atoms with van der Waals surface area (Å²) in [7, 11) is 0. The van der Waals surface area contributed by atoms with E-state index in [1.54, 1.807) is 0 Å². The summed E-state index contributed by atoms with van der Waals surface area (Å²) < 4.78 is 2.30. The van der Waals surface area contributed by atoms with Crippen LogP contribution in [0.4, 0.5) is 5.69 Å². The summed E-state index contributed by atoms with van der Waals surface area (Å²) in [4.78, 5) is 19.6. The van der Waals surface area contributed by atoms with E-state index in [0.717, 1.165) is 29.1 Å². The Hall–Kier alpha value is -3.40. The number of hydrogen-bond acceptors (Lipinski definition) is 2. The standard InChI is InChI=1S/C25H23N3O/c1-18-9-5-6-10-19(18)16-28-23-14-8-7-13-22(23)26-25(28)20-15-24(29)27(17-20)21-11-3-2-4-12-21/h2-14,20H,15-17H2,1H3/t20-/m1/s1. The van der Waals surface area contributed by atoms with Crippen molar-refractivity contribution < 1.29 is 4.79 Å². The van der Waals surface area contributed by atoms with Crippen molar-refractivity contribution in [2.45, 2.75) is 25.8 Å². The molecule has 1 fully saturated rings. The van der Waals surface area contributed by atoms with Crippen LogP contribution in [0.5, 0.6) is 0 Å². The highest BCUT2D eigenvalue weighted by molar-refractivity contribution is 5.96. The van der Waals surface area contributed by atoms with Gasteiger partial charge in [-0.05, 0) is 42.3 Å². The van der Waals surface area contributed by atoms with Crippen molar-refractivity contribution in [3.8, 4) is 0 Å². The van der Waals surface area contributed by atoms with Crippen LogP contribution in [0, 0.1) is 6.92 Å². The predicted octanol–water partition coefficient (Wildman–Crippen LogP) is 4.91. The molecule has 0 spiro atoms. The van der Waals surface area contributed by atoms with Gasteiger partial charge in [0.15, 0.2) is 0 Å². The van der Waals surface area contributed by atoms with Gasteiger partial charge in [-0.3, -0.25) is 4.79 Å². The molecule has 0 saturated carbocycles. The Bertz CT molecular complexity index is 1180. The Balaban J connectivity index is 1.55. The average molecular weight is 381 g/mol. The van der Waals surface area contributed by atoms with Gasteiger partial charge in [-0.25, -0.2) is 4.98 Å². The molecule has 4 nitrogen and oxygen atoms in total. The third-order valence-electron chi connectivity index (χ3n) is 5.83. The molecule has 1 aromatic heterocycles. The molecule has 3 aromatic carbocycles. The molecular weight excluding hydrogens is 358 g/mol. The van der Waals surface area contributed by atoms with E-state index in [1.165, 1.54) is 11.1 Å². The molecule has 0 unspecified atom stereocenters. The fourth-order valence-electron chi connectivity index (χ4n) is 4.27. The number of fused-ring (bicyclic) bond motifs is 1. The molecule has 4 aromatic rings. The minimum atomic E-state index is 0.0825. The number of aromatic nitrogens is 2. The first kappa shape index (κ1) is 17.7. The van der Waals surface area contributed by atoms with Crippen molar-refractivity contribution in [3.63, 3.8) is 0 Å². The van der Waals surface area contributed by atoms with Crippen LogP contribution in [0.1, 0.15) is 29.3 Å². The number of benzene rings is 3. The molecule has 0 bridgehead atoms. The molecule has 0 radical (unpaired) electrons. The van der Waals surface area contributed by atoms with E-state index in [0.29, 0.717) is 13.0 Å². The number of anilines is 1. The zero-order chi connectivity index (χ0) is 19.8. The van der Waals surface area contributed by atoms with E-state index in [9.17, 15) is 4.79 Å². The topological polar surface area (TPSA) is 38.1 Å². The van der Waals surface area contributed by atoms with E-state index < -0.39 is 0 Å². The van der Waals surface area contributed by atoms with Gasteiger partial charge in [0.2, 0.25) is 5.91 Å². The Morgan fingerprint density at radius 1 is 0.931 bits per heavy atom. The maximum Gasteiger partial charge on any atom is 0.227 e. The third-order valence-corrected chi connectivity index (χ3v) is 5.83. The number of nitrogens with zero attached hydrogens (tertiary/aromatic N) is 3. The molecule has 4 heteroatoms. The number of aryl methyl sites for hydroxylation is 1. The summed E-state index contributed by atoms with van der Waals surface area (Å²) in [5.41, 5.74) is 5.62. The normalized spacial score (nSPS) is 16.7. The number of carbonyl (C=O) groups excluding carboxylic acids is 1. The first-order chi connectivity index (χ1) is 14.2. The SMILES string of the molecule is Cc1ccccc1Cn1c([C@@H]2CC(=O)N(c3ccccc3)C2)nc2ccccc21. The molecular formula is C25H23N3O. The summed E-state index contributed by atoms with van der Waals surface area (Å²) in [6.45, 7) is 3.57. The highest BCUT2D eigenvalue weighted by Crippen LogP contribution is 2.33. The molecule has 1 atom stereocenters. The molecule has 1 amide bonds. The van der Waals surface area contributed by atoms with Crippen molar-refractivity contribution in [1.82, 2.24) is 9.55 Å². The number of carbonyl (C=O) groups is 1. The Morgan fingerprint density at radius 2 is 1.66 bits per heavy atom. The van der Waals surface area contributed by atoms with E-state index in [1.807, 2.05) is 41.3 Å². The summed E-state index contributed by atoms with van der Waals surface area (Å²) in [6.07, 6.45) is 0.492. The molecule has 0 aliphatic carbocycles. The second kappa shape index (κ2) is 7.21. The second-order valence-corrected chi connectivity index (χ2v) is 7.71. The smallest absolute Gasteiger partial charge is 0.227 e. The fourth-order valence-corrected chi connectivity index (χ4v) is 4.27. The van der Waals surface area contributed by atoms with Gasteiger partial charge in [-0.1, -0.05) is 54.6 Å². The largest absolute Gasteiger partial charge is 0.323 e. The quantitative estimate of drug-likeness (QED) is 0.504. The summed E-state index contributed by atoms with van der Waals surface area (Å²) >= 11 is 0. The third kappa shape index (κ3) is 3.21. The molecule has 29 heavy (non-hydrogen) atoms. The Morgan fingerprint density at radius 3 is 2.48 bits per heavy atom. The van der Waals surface area contributed by atoms with Gasteiger partial charge in [0.25, 0.3) is 0 Å². The molecule has 2 heterocycles. The van der Waals surface area contributed by atoms with Crippen LogP contribution in [0.3, 0.4) is 0 Å². The van der Waals surface area contributed by atoms with Crippen LogP contribution in [-0.4, -0.2) is 22.0 Å². The minimum Gasteiger partial charge on any atom is -0.323 e. The van der Waals surface area contributed by atoms with Crippen LogP contribution in [0.2, 0.25) is 0 Å². The number of para-hydroxylation sites is 3. The van der Waals surface area contributed by atoms with Crippen LogP contribution in [0.25, 0.3) is 11.0 Å². The number of hydrogen-bond donors (Lipinski definition) is 0. The predicted molar refractivity (Wildman–Crippen MR) is 116 cm³/mol. The molecule has 1 aliphatic heterocycles. The highest BCUT2D eigenvalue weighted by Gasteiger charge is 2.34. The lowest BCUT2D eigenvalue weighted by atomic mass is 10.1. The average Bonchev–Trinajstić information content (AvgIpc) is 3.31. The van der Waals surface area contributed by atoms with Crippen molar-refractivity contribution >= 4 is 22.6 Å². The summed E-state index contributed by atoms with van der Waals surface area (Å²) in [5, 5.41) is 0. The number of rotatable bonds is 4. The first-order valence-corrected chi connectivity index (χ1v) is 10.1. The van der Waals surface area contributed by atoms with E-state index in [2.05, 4.69) is 54.0 Å². The van der Waals surface area contributed by atoms with Crippen molar-refractivity contribution in [1.29, 1.82) is 0 Å². The van der Waals surface area contributed by atoms with Crippen molar-refractivity contribution in [3.05, 3.63) is 95.8 Å². The molecule has 5 rings (SSSR count). The Kier molecular flexibility index (Phi) is 4.39. The van der Waals surface area contributed by atoms with Crippen LogP contribution >= 0.6 is 0 Å². The van der Waals surface area contributed by atoms with Crippen LogP contribution in [-0.2, 0) is 11.3 Å². The molecule has 1 saturated heterocycles. The summed E-state index contributed by atoms with van der Waals surface area (Å²) in [5.74, 6) is 1.25. The maximum atomic E-state index is 12.8. The second-order valence-electron chi connectivity index (χ2n) is 7.71. The first-order valence-electron chi connectivity index (χ1n) is 10.1. The lowest BCUT2D eigenvalue weighted by molar-refractivity contribution is -0.117. The van der Waals surface area contributed by atoms with Gasteiger partial charge in [-0.2, -0.15) is 0 Å². The number of imidazole rings is 1. The van der Waals surface area contributed by atoms with Gasteiger partial charge in [0.05, 0.1) is 11.0 Å². The van der Waals surface area contributed by atoms with Gasteiger partial charge in [0, 0.05) is 31.1 Å². The number of amides is 1. The molecule has 144 valence electrons. The zero-order valence-corrected chi connectivity index (χ0v) is 16.5.